The fraction of sp³-hybridized carbons (Fsp3) is 0.471. The second-order valence-electron chi connectivity index (χ2n) is 5.98. The minimum Gasteiger partial charge on any atom is -0.345 e. The van der Waals surface area contributed by atoms with Gasteiger partial charge >= 0.3 is 0 Å². The Balaban J connectivity index is 2.40. The molecule has 0 fully saturated rings. The molecule has 0 saturated carbocycles. The van der Waals surface area contributed by atoms with Crippen LogP contribution in [0.2, 0.25) is 0 Å². The maximum absolute atomic E-state index is 5.93. The molecule has 0 radical (unpaired) electrons. The van der Waals surface area contributed by atoms with Crippen LogP contribution in [0.1, 0.15) is 32.6 Å². The van der Waals surface area contributed by atoms with Gasteiger partial charge in [0.15, 0.2) is 5.13 Å². The van der Waals surface area contributed by atoms with Gasteiger partial charge in [-0.2, -0.15) is 0 Å². The Morgan fingerprint density at radius 2 is 1.81 bits per heavy atom. The van der Waals surface area contributed by atoms with E-state index in [1.165, 1.54) is 0 Å². The Bertz CT molecular complexity index is 561. The third-order valence-electron chi connectivity index (χ3n) is 3.35. The number of hydrogen-bond donors (Lipinski definition) is 1. The van der Waals surface area contributed by atoms with Gasteiger partial charge in [-0.15, -0.1) is 0 Å². The summed E-state index contributed by atoms with van der Waals surface area (Å²) in [4.78, 5) is 8.42. The topological polar surface area (TPSA) is 42.2 Å². The van der Waals surface area contributed by atoms with Crippen LogP contribution >= 0.6 is 11.3 Å². The van der Waals surface area contributed by atoms with Gasteiger partial charge in [-0.3, -0.25) is 0 Å². The minimum absolute atomic E-state index is 0.438. The molecule has 1 aromatic carbocycles. The molecule has 0 atom stereocenters. The summed E-state index contributed by atoms with van der Waals surface area (Å²) < 4.78 is 0. The molecule has 2 N–H and O–H groups in total. The van der Waals surface area contributed by atoms with E-state index in [0.29, 0.717) is 18.5 Å². The largest absolute Gasteiger partial charge is 0.345 e. The van der Waals surface area contributed by atoms with Crippen molar-refractivity contribution < 1.29 is 0 Å². The van der Waals surface area contributed by atoms with E-state index in [2.05, 4.69) is 44.7 Å². The summed E-state index contributed by atoms with van der Waals surface area (Å²) in [5.41, 5.74) is 8.11. The zero-order valence-electron chi connectivity index (χ0n) is 13.3. The molecule has 114 valence electrons. The van der Waals surface area contributed by atoms with Crippen LogP contribution in [0.5, 0.6) is 0 Å². The maximum atomic E-state index is 5.93. The number of aromatic nitrogens is 1. The van der Waals surface area contributed by atoms with Gasteiger partial charge in [-0.25, -0.2) is 4.98 Å². The van der Waals surface area contributed by atoms with Gasteiger partial charge in [-0.1, -0.05) is 55.5 Å². The third kappa shape index (κ3) is 3.83. The third-order valence-corrected chi connectivity index (χ3v) is 4.46. The van der Waals surface area contributed by atoms with Gasteiger partial charge in [-0.05, 0) is 19.8 Å². The van der Waals surface area contributed by atoms with Crippen molar-refractivity contribution in [2.45, 2.75) is 40.3 Å². The average Bonchev–Trinajstić information content (AvgIpc) is 2.89. The van der Waals surface area contributed by atoms with Gasteiger partial charge in [0.1, 0.15) is 0 Å². The Hall–Kier alpha value is -1.39. The molecule has 0 saturated heterocycles. The highest BCUT2D eigenvalue weighted by molar-refractivity contribution is 7.16. The second kappa shape index (κ2) is 7.05. The van der Waals surface area contributed by atoms with Crippen molar-refractivity contribution in [2.24, 2.45) is 11.7 Å². The quantitative estimate of drug-likeness (QED) is 0.872. The SMILES string of the molecule is CC(C)CN(c1nc(-c2ccccc2)c(CN)s1)C(C)C. The molecular formula is C17H25N3S. The van der Waals surface area contributed by atoms with Gasteiger partial charge < -0.3 is 10.6 Å². The Kier molecular flexibility index (Phi) is 5.37. The van der Waals surface area contributed by atoms with E-state index in [-0.39, 0.29) is 0 Å². The van der Waals surface area contributed by atoms with Gasteiger partial charge in [0.25, 0.3) is 0 Å². The smallest absolute Gasteiger partial charge is 0.186 e. The van der Waals surface area contributed by atoms with Crippen molar-refractivity contribution in [2.75, 3.05) is 11.4 Å². The second-order valence-corrected chi connectivity index (χ2v) is 7.04. The summed E-state index contributed by atoms with van der Waals surface area (Å²) >= 11 is 1.72. The predicted octanol–water partition coefficient (Wildman–Crippen LogP) is 4.14. The van der Waals surface area contributed by atoms with E-state index in [9.17, 15) is 0 Å². The first-order valence-electron chi connectivity index (χ1n) is 7.54. The highest BCUT2D eigenvalue weighted by Gasteiger charge is 2.19. The Labute approximate surface area is 131 Å². The predicted molar refractivity (Wildman–Crippen MR) is 92.8 cm³/mol. The van der Waals surface area contributed by atoms with Gasteiger partial charge in [0, 0.05) is 29.6 Å². The fourth-order valence-corrected chi connectivity index (χ4v) is 3.43. The molecule has 2 rings (SSSR count). The summed E-state index contributed by atoms with van der Waals surface area (Å²) in [6, 6.07) is 10.7. The molecule has 0 aliphatic heterocycles. The number of nitrogens with two attached hydrogens (primary N) is 1. The lowest BCUT2D eigenvalue weighted by Gasteiger charge is -2.27. The van der Waals surface area contributed by atoms with Crippen LogP contribution in [0.25, 0.3) is 11.3 Å². The average molecular weight is 303 g/mol. The lowest BCUT2D eigenvalue weighted by molar-refractivity contribution is 0.570. The molecule has 2 aromatic rings. The molecule has 0 aliphatic carbocycles. The number of anilines is 1. The molecule has 0 spiro atoms. The van der Waals surface area contributed by atoms with Crippen LogP contribution in [0, 0.1) is 5.92 Å². The summed E-state index contributed by atoms with van der Waals surface area (Å²) in [6.07, 6.45) is 0. The zero-order chi connectivity index (χ0) is 15.4. The summed E-state index contributed by atoms with van der Waals surface area (Å²) in [5.74, 6) is 0.609. The van der Waals surface area contributed by atoms with Crippen LogP contribution in [-0.2, 0) is 6.54 Å². The normalized spacial score (nSPS) is 11.4. The van der Waals surface area contributed by atoms with Crippen molar-refractivity contribution in [1.29, 1.82) is 0 Å². The van der Waals surface area contributed by atoms with Crippen molar-refractivity contribution in [3.05, 3.63) is 35.2 Å². The molecule has 1 aromatic heterocycles. The number of benzene rings is 1. The zero-order valence-corrected chi connectivity index (χ0v) is 14.2. The highest BCUT2D eigenvalue weighted by Crippen LogP contribution is 2.33. The molecule has 0 unspecified atom stereocenters. The van der Waals surface area contributed by atoms with E-state index >= 15 is 0 Å². The monoisotopic (exact) mass is 303 g/mol. The van der Waals surface area contributed by atoms with Gasteiger partial charge in [0.2, 0.25) is 0 Å². The molecule has 1 heterocycles. The summed E-state index contributed by atoms with van der Waals surface area (Å²) in [5, 5.41) is 1.08. The molecule has 3 nitrogen and oxygen atoms in total. The molecular weight excluding hydrogens is 278 g/mol. The molecule has 4 heteroatoms. The number of rotatable bonds is 6. The minimum atomic E-state index is 0.438. The first kappa shape index (κ1) is 16.0. The van der Waals surface area contributed by atoms with Crippen molar-refractivity contribution >= 4 is 16.5 Å². The van der Waals surface area contributed by atoms with Crippen molar-refractivity contribution in [1.82, 2.24) is 4.98 Å². The standard InChI is InChI=1S/C17H25N3S/c1-12(2)11-20(13(3)4)17-19-16(15(10-18)21-17)14-8-6-5-7-9-14/h5-9,12-13H,10-11,18H2,1-4H3. The first-order valence-corrected chi connectivity index (χ1v) is 8.36. The maximum Gasteiger partial charge on any atom is 0.186 e. The summed E-state index contributed by atoms with van der Waals surface area (Å²) in [6.45, 7) is 10.5. The Morgan fingerprint density at radius 3 is 2.33 bits per heavy atom. The summed E-state index contributed by atoms with van der Waals surface area (Å²) in [7, 11) is 0. The number of thiazole rings is 1. The van der Waals surface area contributed by atoms with E-state index in [0.717, 1.165) is 27.8 Å². The van der Waals surface area contributed by atoms with E-state index in [1.807, 2.05) is 18.2 Å². The fourth-order valence-electron chi connectivity index (χ4n) is 2.33. The lowest BCUT2D eigenvalue weighted by atomic mass is 10.1. The first-order chi connectivity index (χ1) is 10.0. The molecule has 0 aliphatic rings. The highest BCUT2D eigenvalue weighted by atomic mass is 32.1. The Morgan fingerprint density at radius 1 is 1.14 bits per heavy atom. The van der Waals surface area contributed by atoms with Crippen LogP contribution < -0.4 is 10.6 Å². The van der Waals surface area contributed by atoms with Crippen LogP contribution in [0.4, 0.5) is 5.13 Å². The van der Waals surface area contributed by atoms with Crippen molar-refractivity contribution in [3.8, 4) is 11.3 Å². The number of nitrogens with zero attached hydrogens (tertiary/aromatic N) is 2. The van der Waals surface area contributed by atoms with Crippen LogP contribution in [0.15, 0.2) is 30.3 Å². The van der Waals surface area contributed by atoms with Crippen LogP contribution in [0.3, 0.4) is 0 Å². The van der Waals surface area contributed by atoms with E-state index < -0.39 is 0 Å². The van der Waals surface area contributed by atoms with Gasteiger partial charge in [0.05, 0.1) is 5.69 Å². The molecule has 0 bridgehead atoms. The van der Waals surface area contributed by atoms with E-state index in [1.54, 1.807) is 11.3 Å². The van der Waals surface area contributed by atoms with Crippen LogP contribution in [-0.4, -0.2) is 17.6 Å². The molecule has 0 amide bonds. The van der Waals surface area contributed by atoms with E-state index in [4.69, 9.17) is 10.7 Å². The van der Waals surface area contributed by atoms with Crippen molar-refractivity contribution in [3.63, 3.8) is 0 Å². The lowest BCUT2D eigenvalue weighted by Crippen LogP contribution is -2.34. The molecule has 21 heavy (non-hydrogen) atoms. The number of hydrogen-bond acceptors (Lipinski definition) is 4.